The molecule has 1 aliphatic carbocycles. The highest BCUT2D eigenvalue weighted by atomic mass is 19.1. The van der Waals surface area contributed by atoms with E-state index >= 15 is 0 Å². The lowest BCUT2D eigenvalue weighted by atomic mass is 9.69. The summed E-state index contributed by atoms with van der Waals surface area (Å²) in [5.74, 6) is 0.252. The number of aliphatic hydroxyl groups excluding tert-OH is 1. The molecule has 194 valence electrons. The zero-order valence-corrected chi connectivity index (χ0v) is 21.8. The van der Waals surface area contributed by atoms with Gasteiger partial charge in [0.2, 0.25) is 0 Å². The van der Waals surface area contributed by atoms with Gasteiger partial charge in [0.1, 0.15) is 11.6 Å². The molecule has 1 aliphatic rings. The molecule has 2 aromatic heterocycles. The second-order valence-electron chi connectivity index (χ2n) is 10.4. The summed E-state index contributed by atoms with van der Waals surface area (Å²) in [5, 5.41) is 16.7. The average molecular weight is 512 g/mol. The Morgan fingerprint density at radius 1 is 1.00 bits per heavy atom. The molecule has 0 spiro atoms. The van der Waals surface area contributed by atoms with Crippen molar-refractivity contribution < 1.29 is 14.3 Å². The monoisotopic (exact) mass is 511 g/mol. The van der Waals surface area contributed by atoms with Gasteiger partial charge in [-0.25, -0.2) is 24.1 Å². The molecule has 2 atom stereocenters. The van der Waals surface area contributed by atoms with E-state index in [2.05, 4.69) is 20.6 Å². The number of benzene rings is 2. The summed E-state index contributed by atoms with van der Waals surface area (Å²) >= 11 is 0. The van der Waals surface area contributed by atoms with Crippen molar-refractivity contribution in [3.05, 3.63) is 95.3 Å². The number of aliphatic hydroxyl groups is 1. The molecule has 0 radical (unpaired) electrons. The lowest BCUT2D eigenvalue weighted by molar-refractivity contribution is 0.0881. The highest BCUT2D eigenvalue weighted by Crippen LogP contribution is 2.42. The number of hydrogen-bond donors (Lipinski definition) is 3. The summed E-state index contributed by atoms with van der Waals surface area (Å²) in [7, 11) is 0. The van der Waals surface area contributed by atoms with E-state index in [0.29, 0.717) is 34.9 Å². The number of halogens is 1. The zero-order chi connectivity index (χ0) is 27.0. The normalized spacial score (nSPS) is 17.9. The Labute approximate surface area is 221 Å². The van der Waals surface area contributed by atoms with Crippen molar-refractivity contribution in [3.63, 3.8) is 0 Å². The molecule has 8 heteroatoms. The zero-order valence-electron chi connectivity index (χ0n) is 21.8. The second kappa shape index (κ2) is 9.95. The smallest absolute Gasteiger partial charge is 0.319 e. The summed E-state index contributed by atoms with van der Waals surface area (Å²) in [5.41, 5.74) is 5.36. The third-order valence-corrected chi connectivity index (χ3v) is 7.03. The largest absolute Gasteiger partial charge is 0.391 e. The van der Waals surface area contributed by atoms with Crippen LogP contribution < -0.4 is 10.6 Å². The molecule has 4 aromatic rings. The molecule has 0 fully saturated rings. The van der Waals surface area contributed by atoms with Gasteiger partial charge in [0.25, 0.3) is 0 Å². The van der Waals surface area contributed by atoms with Crippen molar-refractivity contribution in [2.75, 3.05) is 5.32 Å². The third kappa shape index (κ3) is 4.99. The van der Waals surface area contributed by atoms with E-state index in [9.17, 15) is 14.3 Å². The van der Waals surface area contributed by atoms with Gasteiger partial charge in [-0.15, -0.1) is 0 Å². The molecule has 1 unspecified atom stereocenters. The van der Waals surface area contributed by atoms with Gasteiger partial charge in [-0.3, -0.25) is 0 Å². The average Bonchev–Trinajstić information content (AvgIpc) is 2.87. The van der Waals surface area contributed by atoms with Crippen LogP contribution >= 0.6 is 0 Å². The van der Waals surface area contributed by atoms with Crippen LogP contribution in [-0.4, -0.2) is 32.2 Å². The molecular formula is C30H30FN5O2. The van der Waals surface area contributed by atoms with Crippen LogP contribution in [-0.2, 0) is 5.41 Å². The van der Waals surface area contributed by atoms with Crippen LogP contribution in [0.2, 0.25) is 0 Å². The minimum absolute atomic E-state index is 0.353. The number of aromatic nitrogens is 3. The number of carbonyl (C=O) groups is 1. The first-order chi connectivity index (χ1) is 18.1. The number of amides is 2. The molecular weight excluding hydrogens is 481 g/mol. The van der Waals surface area contributed by atoms with Crippen molar-refractivity contribution in [2.45, 2.75) is 51.7 Å². The number of carbonyl (C=O) groups excluding carboxylic acids is 1. The summed E-state index contributed by atoms with van der Waals surface area (Å²) < 4.78 is 14.2. The SMILES string of the molecule is Cc1ncc(-c2nc(-c3ccccc3)c(NC(=O)NC3c4cc(F)ccc4C(C)(C)C[C@H]3O)cc2C)cn1. The van der Waals surface area contributed by atoms with Crippen LogP contribution in [0, 0.1) is 19.7 Å². The van der Waals surface area contributed by atoms with Crippen molar-refractivity contribution in [1.82, 2.24) is 20.3 Å². The lowest BCUT2D eigenvalue weighted by Gasteiger charge is -2.40. The Morgan fingerprint density at radius 2 is 1.71 bits per heavy atom. The van der Waals surface area contributed by atoms with Crippen LogP contribution in [0.15, 0.2) is 67.0 Å². The number of pyridine rings is 1. The summed E-state index contributed by atoms with van der Waals surface area (Å²) in [4.78, 5) is 26.8. The number of anilines is 1. The molecule has 2 heterocycles. The Balaban J connectivity index is 1.49. The molecule has 3 N–H and O–H groups in total. The van der Waals surface area contributed by atoms with Gasteiger partial charge in [-0.2, -0.15) is 0 Å². The number of nitrogens with one attached hydrogen (secondary N) is 2. The molecule has 38 heavy (non-hydrogen) atoms. The molecule has 0 bridgehead atoms. The van der Waals surface area contributed by atoms with Crippen LogP contribution in [0.25, 0.3) is 22.5 Å². The first-order valence-electron chi connectivity index (χ1n) is 12.5. The van der Waals surface area contributed by atoms with Crippen LogP contribution in [0.3, 0.4) is 0 Å². The maximum atomic E-state index is 14.2. The van der Waals surface area contributed by atoms with Crippen LogP contribution in [0.5, 0.6) is 0 Å². The predicted molar refractivity (Wildman–Crippen MR) is 145 cm³/mol. The van der Waals surface area contributed by atoms with Gasteiger partial charge in [-0.1, -0.05) is 50.2 Å². The summed E-state index contributed by atoms with van der Waals surface area (Å²) in [6.45, 7) is 7.74. The predicted octanol–water partition coefficient (Wildman–Crippen LogP) is 5.87. The van der Waals surface area contributed by atoms with E-state index in [1.807, 2.05) is 64.1 Å². The fraction of sp³-hybridized carbons (Fsp3) is 0.267. The van der Waals surface area contributed by atoms with E-state index < -0.39 is 24.0 Å². The summed E-state index contributed by atoms with van der Waals surface area (Å²) in [6, 6.07) is 14.7. The van der Waals surface area contributed by atoms with E-state index in [-0.39, 0.29) is 5.41 Å². The number of hydrogen-bond acceptors (Lipinski definition) is 5. The maximum absolute atomic E-state index is 14.2. The van der Waals surface area contributed by atoms with Gasteiger partial charge < -0.3 is 15.7 Å². The maximum Gasteiger partial charge on any atom is 0.319 e. The fourth-order valence-corrected chi connectivity index (χ4v) is 5.17. The van der Waals surface area contributed by atoms with Gasteiger partial charge in [0, 0.05) is 23.5 Å². The first kappa shape index (κ1) is 25.5. The third-order valence-electron chi connectivity index (χ3n) is 7.03. The summed E-state index contributed by atoms with van der Waals surface area (Å²) in [6.07, 6.45) is 3.02. The van der Waals surface area contributed by atoms with Crippen molar-refractivity contribution >= 4 is 11.7 Å². The molecule has 2 amide bonds. The van der Waals surface area contributed by atoms with Gasteiger partial charge >= 0.3 is 6.03 Å². The standard InChI is InChI=1S/C30H30FN5O2/c1-17-12-24(27(19-8-6-5-7-9-19)35-26(17)20-15-32-18(2)33-16-20)34-29(38)36-28-22-13-21(31)10-11-23(22)30(3,4)14-25(28)37/h5-13,15-16,25,28,37H,14H2,1-4H3,(H2,34,36,38)/t25-,28?/m1/s1. The molecule has 2 aromatic carbocycles. The van der Waals surface area contributed by atoms with Crippen molar-refractivity contribution in [1.29, 1.82) is 0 Å². The molecule has 0 aliphatic heterocycles. The lowest BCUT2D eigenvalue weighted by Crippen LogP contribution is -2.45. The minimum atomic E-state index is -0.873. The number of fused-ring (bicyclic) bond motifs is 1. The fourth-order valence-electron chi connectivity index (χ4n) is 5.17. The van der Waals surface area contributed by atoms with E-state index in [4.69, 9.17) is 4.98 Å². The Bertz CT molecular complexity index is 1490. The van der Waals surface area contributed by atoms with Gasteiger partial charge in [0.15, 0.2) is 0 Å². The van der Waals surface area contributed by atoms with Crippen LogP contribution in [0.1, 0.15) is 48.8 Å². The molecule has 0 saturated carbocycles. The van der Waals surface area contributed by atoms with Crippen LogP contribution in [0.4, 0.5) is 14.9 Å². The van der Waals surface area contributed by atoms with E-state index in [0.717, 1.165) is 22.3 Å². The molecule has 0 saturated heterocycles. The number of urea groups is 1. The Kier molecular flexibility index (Phi) is 6.67. The highest BCUT2D eigenvalue weighted by Gasteiger charge is 2.39. The van der Waals surface area contributed by atoms with E-state index in [1.54, 1.807) is 18.5 Å². The molecule has 7 nitrogen and oxygen atoms in total. The Hall–Kier alpha value is -4.17. The van der Waals surface area contributed by atoms with Gasteiger partial charge in [0.05, 0.1) is 29.2 Å². The topological polar surface area (TPSA) is 100 Å². The molecule has 5 rings (SSSR count). The number of aryl methyl sites for hydroxylation is 2. The van der Waals surface area contributed by atoms with Gasteiger partial charge in [-0.05, 0) is 60.6 Å². The highest BCUT2D eigenvalue weighted by molar-refractivity contribution is 5.94. The van der Waals surface area contributed by atoms with E-state index in [1.165, 1.54) is 12.1 Å². The number of nitrogens with zero attached hydrogens (tertiary/aromatic N) is 3. The second-order valence-corrected chi connectivity index (χ2v) is 10.4. The minimum Gasteiger partial charge on any atom is -0.391 e. The number of rotatable bonds is 4. The first-order valence-corrected chi connectivity index (χ1v) is 12.5. The van der Waals surface area contributed by atoms with Crippen molar-refractivity contribution in [2.24, 2.45) is 0 Å². The Morgan fingerprint density at radius 3 is 2.42 bits per heavy atom. The quantitative estimate of drug-likeness (QED) is 0.318. The van der Waals surface area contributed by atoms with Crippen molar-refractivity contribution in [3.8, 4) is 22.5 Å².